The number of rotatable bonds is 6. The summed E-state index contributed by atoms with van der Waals surface area (Å²) in [6, 6.07) is 0. The molecule has 2 fully saturated rings. The van der Waals surface area contributed by atoms with Crippen molar-refractivity contribution in [2.45, 2.75) is 25.7 Å². The van der Waals surface area contributed by atoms with Crippen molar-refractivity contribution in [2.24, 2.45) is 5.92 Å². The molecule has 8 heteroatoms. The average molecular weight is 362 g/mol. The van der Waals surface area contributed by atoms with Crippen molar-refractivity contribution in [3.63, 3.8) is 0 Å². The predicted molar refractivity (Wildman–Crippen MR) is 93.3 cm³/mol. The first kappa shape index (κ1) is 19.6. The van der Waals surface area contributed by atoms with Gasteiger partial charge in [0.05, 0.1) is 12.8 Å². The number of carbonyl (C=O) groups is 1. The monoisotopic (exact) mass is 361 g/mol. The van der Waals surface area contributed by atoms with E-state index in [1.54, 1.807) is 12.0 Å². The molecular formula is C16H31N3O4S. The third-order valence-corrected chi connectivity index (χ3v) is 6.31. The highest BCUT2D eigenvalue weighted by atomic mass is 32.2. The van der Waals surface area contributed by atoms with E-state index in [0.717, 1.165) is 32.5 Å². The number of piperazine rings is 1. The van der Waals surface area contributed by atoms with Crippen LogP contribution in [0.1, 0.15) is 25.7 Å². The molecule has 0 bridgehead atoms. The van der Waals surface area contributed by atoms with E-state index in [1.165, 1.54) is 23.4 Å². The molecule has 0 aromatic heterocycles. The van der Waals surface area contributed by atoms with Crippen LogP contribution >= 0.6 is 0 Å². The van der Waals surface area contributed by atoms with E-state index in [0.29, 0.717) is 38.6 Å². The largest absolute Gasteiger partial charge is 0.385 e. The molecule has 24 heavy (non-hydrogen) atoms. The van der Waals surface area contributed by atoms with E-state index in [9.17, 15) is 13.2 Å². The second kappa shape index (κ2) is 9.12. The second-order valence-corrected chi connectivity index (χ2v) is 8.90. The Morgan fingerprint density at radius 2 is 1.83 bits per heavy atom. The SMILES string of the molecule is COCCC1CCCCN(CC(=O)N2CCN(S(C)(=O)=O)CC2)C1. The smallest absolute Gasteiger partial charge is 0.236 e. The van der Waals surface area contributed by atoms with Gasteiger partial charge in [0, 0.05) is 46.4 Å². The lowest BCUT2D eigenvalue weighted by molar-refractivity contribution is -0.133. The average Bonchev–Trinajstić information content (AvgIpc) is 2.77. The summed E-state index contributed by atoms with van der Waals surface area (Å²) in [5.74, 6) is 0.720. The van der Waals surface area contributed by atoms with E-state index in [-0.39, 0.29) is 5.91 Å². The van der Waals surface area contributed by atoms with Crippen LogP contribution in [-0.2, 0) is 19.6 Å². The van der Waals surface area contributed by atoms with Crippen LogP contribution in [0.3, 0.4) is 0 Å². The lowest BCUT2D eigenvalue weighted by Gasteiger charge is -2.34. The minimum absolute atomic E-state index is 0.121. The van der Waals surface area contributed by atoms with Gasteiger partial charge in [0.2, 0.25) is 15.9 Å². The predicted octanol–water partition coefficient (Wildman–Crippen LogP) is 0.229. The molecule has 2 aliphatic rings. The van der Waals surface area contributed by atoms with Crippen molar-refractivity contribution in [3.8, 4) is 0 Å². The van der Waals surface area contributed by atoms with Gasteiger partial charge in [0.25, 0.3) is 0 Å². The molecule has 1 unspecified atom stereocenters. The van der Waals surface area contributed by atoms with Gasteiger partial charge in [0.15, 0.2) is 0 Å². The minimum atomic E-state index is -3.15. The molecule has 0 aromatic carbocycles. The fraction of sp³-hybridized carbons (Fsp3) is 0.938. The number of nitrogens with zero attached hydrogens (tertiary/aromatic N) is 3. The molecule has 2 heterocycles. The Bertz CT molecular complexity index is 503. The highest BCUT2D eigenvalue weighted by Crippen LogP contribution is 2.19. The number of sulfonamides is 1. The quantitative estimate of drug-likeness (QED) is 0.677. The number of amides is 1. The Kier molecular flexibility index (Phi) is 7.46. The molecule has 2 rings (SSSR count). The zero-order valence-electron chi connectivity index (χ0n) is 14.9. The van der Waals surface area contributed by atoms with Crippen LogP contribution in [0.4, 0.5) is 0 Å². The van der Waals surface area contributed by atoms with Crippen molar-refractivity contribution in [2.75, 3.05) is 65.8 Å². The lowest BCUT2D eigenvalue weighted by Crippen LogP contribution is -2.52. The molecule has 2 saturated heterocycles. The van der Waals surface area contributed by atoms with Crippen molar-refractivity contribution in [3.05, 3.63) is 0 Å². The van der Waals surface area contributed by atoms with Crippen LogP contribution in [0, 0.1) is 5.92 Å². The molecule has 0 N–H and O–H groups in total. The molecule has 7 nitrogen and oxygen atoms in total. The Morgan fingerprint density at radius 3 is 2.46 bits per heavy atom. The summed E-state index contributed by atoms with van der Waals surface area (Å²) in [6.07, 6.45) is 5.84. The van der Waals surface area contributed by atoms with Crippen LogP contribution in [0.2, 0.25) is 0 Å². The highest BCUT2D eigenvalue weighted by Gasteiger charge is 2.27. The topological polar surface area (TPSA) is 70.2 Å². The number of carbonyl (C=O) groups excluding carboxylic acids is 1. The van der Waals surface area contributed by atoms with E-state index >= 15 is 0 Å². The molecule has 0 aromatic rings. The van der Waals surface area contributed by atoms with Gasteiger partial charge in [-0.05, 0) is 31.7 Å². The molecule has 1 amide bonds. The third-order valence-electron chi connectivity index (χ3n) is 5.00. The third kappa shape index (κ3) is 5.98. The molecule has 0 saturated carbocycles. The number of hydrogen-bond donors (Lipinski definition) is 0. The Labute approximate surface area is 146 Å². The van der Waals surface area contributed by atoms with E-state index in [2.05, 4.69) is 4.90 Å². The van der Waals surface area contributed by atoms with Gasteiger partial charge >= 0.3 is 0 Å². The number of hydrogen-bond acceptors (Lipinski definition) is 5. The normalized spacial score (nSPS) is 24.8. The first-order chi connectivity index (χ1) is 11.4. The molecule has 0 radical (unpaired) electrons. The Balaban J connectivity index is 1.81. The van der Waals surface area contributed by atoms with Gasteiger partial charge < -0.3 is 9.64 Å². The van der Waals surface area contributed by atoms with Crippen molar-refractivity contribution < 1.29 is 17.9 Å². The number of methoxy groups -OCH3 is 1. The van der Waals surface area contributed by atoms with Crippen LogP contribution in [0.15, 0.2) is 0 Å². The standard InChI is InChI=1S/C16H31N3O4S/c1-23-12-6-15-5-3-4-7-17(13-15)14-16(20)18-8-10-19(11-9-18)24(2,21)22/h15H,3-14H2,1-2H3. The molecule has 140 valence electrons. The highest BCUT2D eigenvalue weighted by molar-refractivity contribution is 7.88. The van der Waals surface area contributed by atoms with Crippen molar-refractivity contribution in [1.82, 2.24) is 14.1 Å². The summed E-state index contributed by atoms with van der Waals surface area (Å²) in [5.41, 5.74) is 0. The van der Waals surface area contributed by atoms with Gasteiger partial charge in [-0.1, -0.05) is 6.42 Å². The van der Waals surface area contributed by atoms with Crippen LogP contribution in [0.5, 0.6) is 0 Å². The summed E-state index contributed by atoms with van der Waals surface area (Å²) in [5, 5.41) is 0. The van der Waals surface area contributed by atoms with Crippen LogP contribution < -0.4 is 0 Å². The maximum atomic E-state index is 12.5. The number of ether oxygens (including phenoxy) is 1. The van der Waals surface area contributed by atoms with Crippen LogP contribution in [0.25, 0.3) is 0 Å². The van der Waals surface area contributed by atoms with E-state index in [1.807, 2.05) is 0 Å². The van der Waals surface area contributed by atoms with Crippen LogP contribution in [-0.4, -0.2) is 94.2 Å². The summed E-state index contributed by atoms with van der Waals surface area (Å²) in [6.45, 7) is 4.95. The summed E-state index contributed by atoms with van der Waals surface area (Å²) >= 11 is 0. The van der Waals surface area contributed by atoms with Gasteiger partial charge in [-0.3, -0.25) is 9.69 Å². The fourth-order valence-corrected chi connectivity index (χ4v) is 4.37. The van der Waals surface area contributed by atoms with Crippen molar-refractivity contribution >= 4 is 15.9 Å². The first-order valence-electron chi connectivity index (χ1n) is 8.84. The van der Waals surface area contributed by atoms with Crippen molar-refractivity contribution in [1.29, 1.82) is 0 Å². The zero-order chi connectivity index (χ0) is 17.6. The maximum Gasteiger partial charge on any atom is 0.236 e. The second-order valence-electron chi connectivity index (χ2n) is 6.92. The Hall–Kier alpha value is -0.700. The Morgan fingerprint density at radius 1 is 1.12 bits per heavy atom. The van der Waals surface area contributed by atoms with E-state index in [4.69, 9.17) is 4.74 Å². The zero-order valence-corrected chi connectivity index (χ0v) is 15.8. The van der Waals surface area contributed by atoms with Gasteiger partial charge in [-0.25, -0.2) is 8.42 Å². The van der Waals surface area contributed by atoms with Gasteiger partial charge in [0.1, 0.15) is 0 Å². The molecule has 1 atom stereocenters. The molecule has 0 aliphatic carbocycles. The maximum absolute atomic E-state index is 12.5. The van der Waals surface area contributed by atoms with Gasteiger partial charge in [-0.2, -0.15) is 4.31 Å². The fourth-order valence-electron chi connectivity index (χ4n) is 3.54. The number of likely N-dealkylation sites (tertiary alicyclic amines) is 1. The molecule has 0 spiro atoms. The summed E-state index contributed by atoms with van der Waals surface area (Å²) < 4.78 is 29.7. The van der Waals surface area contributed by atoms with E-state index < -0.39 is 10.0 Å². The molecule has 2 aliphatic heterocycles. The summed E-state index contributed by atoms with van der Waals surface area (Å²) in [4.78, 5) is 16.6. The first-order valence-corrected chi connectivity index (χ1v) is 10.7. The summed E-state index contributed by atoms with van der Waals surface area (Å²) in [7, 11) is -1.42. The minimum Gasteiger partial charge on any atom is -0.385 e. The van der Waals surface area contributed by atoms with Gasteiger partial charge in [-0.15, -0.1) is 0 Å². The lowest BCUT2D eigenvalue weighted by atomic mass is 10.00. The molecular weight excluding hydrogens is 330 g/mol.